The van der Waals surface area contributed by atoms with Gasteiger partial charge in [0, 0.05) is 25.4 Å². The van der Waals surface area contributed by atoms with Gasteiger partial charge in [0.2, 0.25) is 0 Å². The monoisotopic (exact) mass is 195 g/mol. The molecule has 1 aromatic rings. The predicted molar refractivity (Wildman–Crippen MR) is 57.4 cm³/mol. The third-order valence-electron chi connectivity index (χ3n) is 1.99. The zero-order chi connectivity index (χ0) is 10.4. The molecule has 0 saturated carbocycles. The Morgan fingerprint density at radius 1 is 1.50 bits per heavy atom. The van der Waals surface area contributed by atoms with Crippen LogP contribution in [0.25, 0.3) is 0 Å². The molecule has 0 radical (unpaired) electrons. The number of aromatic nitrogens is 1. The molecule has 1 aromatic heterocycles. The first-order valence-electron chi connectivity index (χ1n) is 4.85. The molecule has 0 aromatic carbocycles. The fraction of sp³-hybridized carbons (Fsp3) is 0.500. The van der Waals surface area contributed by atoms with Gasteiger partial charge in [-0.15, -0.1) is 0 Å². The van der Waals surface area contributed by atoms with Gasteiger partial charge in [-0.1, -0.05) is 6.92 Å². The standard InChI is InChI=1S/C10H17N3O/c1-3-5-12-7-8-4-6-13-10(11-2)9(8)14/h4,6,12,14H,3,5,7H2,1-2H3,(H,11,13). The molecule has 14 heavy (non-hydrogen) atoms. The molecule has 0 amide bonds. The highest BCUT2D eigenvalue weighted by Crippen LogP contribution is 2.23. The van der Waals surface area contributed by atoms with Crippen molar-refractivity contribution in [2.45, 2.75) is 19.9 Å². The largest absolute Gasteiger partial charge is 0.504 e. The van der Waals surface area contributed by atoms with Crippen molar-refractivity contribution in [3.63, 3.8) is 0 Å². The summed E-state index contributed by atoms with van der Waals surface area (Å²) in [7, 11) is 1.74. The number of nitrogens with one attached hydrogen (secondary N) is 2. The molecule has 1 rings (SSSR count). The maximum Gasteiger partial charge on any atom is 0.168 e. The van der Waals surface area contributed by atoms with Gasteiger partial charge in [-0.25, -0.2) is 4.98 Å². The summed E-state index contributed by atoms with van der Waals surface area (Å²) >= 11 is 0. The Kier molecular flexibility index (Phi) is 4.19. The van der Waals surface area contributed by atoms with Crippen LogP contribution in [0, 0.1) is 0 Å². The molecule has 0 aliphatic carbocycles. The lowest BCUT2D eigenvalue weighted by molar-refractivity contribution is 0.464. The van der Waals surface area contributed by atoms with E-state index in [4.69, 9.17) is 0 Å². The lowest BCUT2D eigenvalue weighted by atomic mass is 10.2. The molecule has 0 saturated heterocycles. The Morgan fingerprint density at radius 2 is 2.29 bits per heavy atom. The Labute approximate surface area is 84.4 Å². The molecule has 0 spiro atoms. The molecule has 0 atom stereocenters. The average Bonchev–Trinajstić information content (AvgIpc) is 2.21. The molecule has 4 nitrogen and oxygen atoms in total. The zero-order valence-corrected chi connectivity index (χ0v) is 8.67. The van der Waals surface area contributed by atoms with E-state index in [0.717, 1.165) is 18.5 Å². The van der Waals surface area contributed by atoms with Crippen molar-refractivity contribution in [2.24, 2.45) is 0 Å². The van der Waals surface area contributed by atoms with Crippen LogP contribution in [-0.4, -0.2) is 23.7 Å². The smallest absolute Gasteiger partial charge is 0.168 e. The maximum absolute atomic E-state index is 9.72. The summed E-state index contributed by atoms with van der Waals surface area (Å²) in [5, 5.41) is 15.8. The van der Waals surface area contributed by atoms with Crippen molar-refractivity contribution in [3.05, 3.63) is 17.8 Å². The first kappa shape index (κ1) is 10.8. The molecule has 78 valence electrons. The highest BCUT2D eigenvalue weighted by atomic mass is 16.3. The third-order valence-corrected chi connectivity index (χ3v) is 1.99. The number of nitrogens with zero attached hydrogens (tertiary/aromatic N) is 1. The highest BCUT2D eigenvalue weighted by molar-refractivity contribution is 5.52. The van der Waals surface area contributed by atoms with Crippen molar-refractivity contribution in [1.82, 2.24) is 10.3 Å². The highest BCUT2D eigenvalue weighted by Gasteiger charge is 2.05. The van der Waals surface area contributed by atoms with Crippen molar-refractivity contribution < 1.29 is 5.11 Å². The normalized spacial score (nSPS) is 10.1. The number of aromatic hydroxyl groups is 1. The molecule has 0 unspecified atom stereocenters. The van der Waals surface area contributed by atoms with Crippen LogP contribution in [0.1, 0.15) is 18.9 Å². The SMILES string of the molecule is CCCNCc1ccnc(NC)c1O. The van der Waals surface area contributed by atoms with E-state index in [-0.39, 0.29) is 5.75 Å². The van der Waals surface area contributed by atoms with E-state index < -0.39 is 0 Å². The molecule has 0 fully saturated rings. The number of hydrogen-bond donors (Lipinski definition) is 3. The van der Waals surface area contributed by atoms with Crippen molar-refractivity contribution in [1.29, 1.82) is 0 Å². The number of anilines is 1. The Morgan fingerprint density at radius 3 is 2.93 bits per heavy atom. The van der Waals surface area contributed by atoms with Gasteiger partial charge in [0.1, 0.15) is 0 Å². The minimum atomic E-state index is 0.235. The molecule has 0 aliphatic rings. The van der Waals surface area contributed by atoms with Crippen molar-refractivity contribution >= 4 is 5.82 Å². The van der Waals surface area contributed by atoms with Gasteiger partial charge in [-0.2, -0.15) is 0 Å². The Hall–Kier alpha value is -1.29. The van der Waals surface area contributed by atoms with E-state index in [9.17, 15) is 5.11 Å². The second kappa shape index (κ2) is 5.44. The summed E-state index contributed by atoms with van der Waals surface area (Å²) < 4.78 is 0. The van der Waals surface area contributed by atoms with Crippen LogP contribution < -0.4 is 10.6 Å². The van der Waals surface area contributed by atoms with Gasteiger partial charge in [0.15, 0.2) is 11.6 Å². The molecule has 4 heteroatoms. The summed E-state index contributed by atoms with van der Waals surface area (Å²) in [4.78, 5) is 4.00. The fourth-order valence-electron chi connectivity index (χ4n) is 1.22. The minimum absolute atomic E-state index is 0.235. The lowest BCUT2D eigenvalue weighted by Gasteiger charge is -2.08. The van der Waals surface area contributed by atoms with Gasteiger partial charge in [0.05, 0.1) is 0 Å². The first-order valence-corrected chi connectivity index (χ1v) is 4.85. The van der Waals surface area contributed by atoms with Crippen LogP contribution in [-0.2, 0) is 6.54 Å². The summed E-state index contributed by atoms with van der Waals surface area (Å²) in [5.74, 6) is 0.763. The quantitative estimate of drug-likeness (QED) is 0.620. The van der Waals surface area contributed by atoms with Gasteiger partial charge in [-0.3, -0.25) is 0 Å². The van der Waals surface area contributed by atoms with Crippen LogP contribution in [0.5, 0.6) is 5.75 Å². The topological polar surface area (TPSA) is 57.2 Å². The zero-order valence-electron chi connectivity index (χ0n) is 8.67. The second-order valence-corrected chi connectivity index (χ2v) is 3.09. The van der Waals surface area contributed by atoms with Gasteiger partial charge in [-0.05, 0) is 19.0 Å². The van der Waals surface area contributed by atoms with Crippen molar-refractivity contribution in [2.75, 3.05) is 18.9 Å². The van der Waals surface area contributed by atoms with Crippen LogP contribution in [0.4, 0.5) is 5.82 Å². The molecule has 1 heterocycles. The van der Waals surface area contributed by atoms with Gasteiger partial charge in [0.25, 0.3) is 0 Å². The summed E-state index contributed by atoms with van der Waals surface area (Å²) in [6, 6.07) is 1.82. The Balaban J connectivity index is 2.66. The first-order chi connectivity index (χ1) is 6.79. The van der Waals surface area contributed by atoms with Crippen molar-refractivity contribution in [3.8, 4) is 5.75 Å². The van der Waals surface area contributed by atoms with Crippen LogP contribution in [0.2, 0.25) is 0 Å². The van der Waals surface area contributed by atoms with Crippen LogP contribution in [0.15, 0.2) is 12.3 Å². The van der Waals surface area contributed by atoms with E-state index in [1.165, 1.54) is 0 Å². The molecular weight excluding hydrogens is 178 g/mol. The van der Waals surface area contributed by atoms with E-state index in [2.05, 4.69) is 22.5 Å². The fourth-order valence-corrected chi connectivity index (χ4v) is 1.22. The van der Waals surface area contributed by atoms with Crippen LogP contribution in [0.3, 0.4) is 0 Å². The number of hydrogen-bond acceptors (Lipinski definition) is 4. The van der Waals surface area contributed by atoms with E-state index in [1.54, 1.807) is 13.2 Å². The van der Waals surface area contributed by atoms with Crippen LogP contribution >= 0.6 is 0 Å². The van der Waals surface area contributed by atoms with Gasteiger partial charge >= 0.3 is 0 Å². The molecular formula is C10H17N3O. The minimum Gasteiger partial charge on any atom is -0.504 e. The second-order valence-electron chi connectivity index (χ2n) is 3.09. The maximum atomic E-state index is 9.72. The Bertz CT molecular complexity index is 289. The molecule has 0 aliphatic heterocycles. The van der Waals surface area contributed by atoms with E-state index in [1.807, 2.05) is 6.07 Å². The van der Waals surface area contributed by atoms with E-state index in [0.29, 0.717) is 12.4 Å². The molecule has 3 N–H and O–H groups in total. The predicted octanol–water partition coefficient (Wildman–Crippen LogP) is 1.33. The lowest BCUT2D eigenvalue weighted by Crippen LogP contribution is -2.14. The average molecular weight is 195 g/mol. The number of pyridine rings is 1. The number of rotatable bonds is 5. The summed E-state index contributed by atoms with van der Waals surface area (Å²) in [6.45, 7) is 3.74. The van der Waals surface area contributed by atoms with E-state index >= 15 is 0 Å². The third kappa shape index (κ3) is 2.60. The summed E-state index contributed by atoms with van der Waals surface area (Å²) in [6.07, 6.45) is 2.78. The van der Waals surface area contributed by atoms with Gasteiger partial charge < -0.3 is 15.7 Å². The molecule has 0 bridgehead atoms. The summed E-state index contributed by atoms with van der Waals surface area (Å²) in [5.41, 5.74) is 0.873.